The zero-order valence-corrected chi connectivity index (χ0v) is 17.2. The van der Waals surface area contributed by atoms with Crippen LogP contribution in [0.25, 0.3) is 5.69 Å². The third-order valence-electron chi connectivity index (χ3n) is 4.56. The molecule has 1 heterocycles. The van der Waals surface area contributed by atoms with Gasteiger partial charge in [-0.1, -0.05) is 41.9 Å². The van der Waals surface area contributed by atoms with Crippen molar-refractivity contribution in [2.75, 3.05) is 6.61 Å². The lowest BCUT2D eigenvalue weighted by Crippen LogP contribution is -2.31. The highest BCUT2D eigenvalue weighted by molar-refractivity contribution is 6.31. The second-order valence-electron chi connectivity index (χ2n) is 6.72. The molecule has 6 nitrogen and oxygen atoms in total. The van der Waals surface area contributed by atoms with Crippen LogP contribution < -0.4 is 5.32 Å². The molecule has 0 bridgehead atoms. The standard InChI is InChI=1S/C22H22ClN3O3/c1-14(17-7-5-4-6-8-17)24-20(27)13-29-22(28)18-9-11-19(12-10-18)26-16(3)21(23)15(2)25-26/h4-12,14H,13H2,1-3H3,(H,24,27). The number of rotatable bonds is 6. The Morgan fingerprint density at radius 2 is 1.76 bits per heavy atom. The molecule has 0 radical (unpaired) electrons. The largest absolute Gasteiger partial charge is 0.452 e. The van der Waals surface area contributed by atoms with Gasteiger partial charge < -0.3 is 10.1 Å². The number of aryl methyl sites for hydroxylation is 1. The van der Waals surface area contributed by atoms with Gasteiger partial charge in [0.1, 0.15) is 0 Å². The van der Waals surface area contributed by atoms with Gasteiger partial charge in [-0.15, -0.1) is 0 Å². The Morgan fingerprint density at radius 1 is 1.10 bits per heavy atom. The second-order valence-corrected chi connectivity index (χ2v) is 7.10. The molecule has 2 aromatic carbocycles. The van der Waals surface area contributed by atoms with E-state index in [2.05, 4.69) is 10.4 Å². The van der Waals surface area contributed by atoms with Crippen LogP contribution in [-0.4, -0.2) is 28.3 Å². The van der Waals surface area contributed by atoms with Gasteiger partial charge in [-0.2, -0.15) is 5.10 Å². The Bertz CT molecular complexity index is 1010. The van der Waals surface area contributed by atoms with Gasteiger partial charge in [0.25, 0.3) is 5.91 Å². The van der Waals surface area contributed by atoms with Crippen molar-refractivity contribution in [2.24, 2.45) is 0 Å². The Balaban J connectivity index is 1.57. The van der Waals surface area contributed by atoms with Crippen LogP contribution in [-0.2, 0) is 9.53 Å². The van der Waals surface area contributed by atoms with Crippen molar-refractivity contribution < 1.29 is 14.3 Å². The van der Waals surface area contributed by atoms with Gasteiger partial charge in [-0.25, -0.2) is 9.48 Å². The first-order valence-corrected chi connectivity index (χ1v) is 9.58. The molecule has 0 spiro atoms. The second kappa shape index (κ2) is 8.92. The first-order valence-electron chi connectivity index (χ1n) is 9.20. The lowest BCUT2D eigenvalue weighted by atomic mass is 10.1. The highest BCUT2D eigenvalue weighted by atomic mass is 35.5. The van der Waals surface area contributed by atoms with E-state index >= 15 is 0 Å². The van der Waals surface area contributed by atoms with E-state index in [0.717, 1.165) is 22.6 Å². The third kappa shape index (κ3) is 4.84. The zero-order valence-electron chi connectivity index (χ0n) is 16.5. The summed E-state index contributed by atoms with van der Waals surface area (Å²) in [6.45, 7) is 5.24. The topological polar surface area (TPSA) is 73.2 Å². The molecule has 3 rings (SSSR count). The van der Waals surface area contributed by atoms with Crippen molar-refractivity contribution in [2.45, 2.75) is 26.8 Å². The van der Waals surface area contributed by atoms with E-state index in [1.54, 1.807) is 28.9 Å². The predicted octanol–water partition coefficient (Wildman–Crippen LogP) is 4.18. The van der Waals surface area contributed by atoms with E-state index in [4.69, 9.17) is 16.3 Å². The van der Waals surface area contributed by atoms with Crippen LogP contribution in [0.3, 0.4) is 0 Å². The minimum absolute atomic E-state index is 0.172. The van der Waals surface area contributed by atoms with E-state index < -0.39 is 5.97 Å². The summed E-state index contributed by atoms with van der Waals surface area (Å²) in [5.74, 6) is -0.922. The van der Waals surface area contributed by atoms with E-state index in [0.29, 0.717) is 10.6 Å². The molecule has 150 valence electrons. The summed E-state index contributed by atoms with van der Waals surface area (Å²) in [7, 11) is 0. The van der Waals surface area contributed by atoms with Gasteiger partial charge in [0.05, 0.1) is 33.7 Å². The predicted molar refractivity (Wildman–Crippen MR) is 111 cm³/mol. The number of nitrogens with one attached hydrogen (secondary N) is 1. The Morgan fingerprint density at radius 3 is 2.34 bits per heavy atom. The van der Waals surface area contributed by atoms with Crippen molar-refractivity contribution in [3.63, 3.8) is 0 Å². The summed E-state index contributed by atoms with van der Waals surface area (Å²) in [5, 5.41) is 7.80. The molecule has 7 heteroatoms. The fourth-order valence-corrected chi connectivity index (χ4v) is 3.05. The number of hydrogen-bond donors (Lipinski definition) is 1. The fourth-order valence-electron chi connectivity index (χ4n) is 2.94. The molecule has 1 unspecified atom stereocenters. The van der Waals surface area contributed by atoms with E-state index in [-0.39, 0.29) is 18.6 Å². The van der Waals surface area contributed by atoms with Gasteiger partial charge in [0.2, 0.25) is 0 Å². The highest BCUT2D eigenvalue weighted by Gasteiger charge is 2.14. The van der Waals surface area contributed by atoms with Crippen LogP contribution in [0.2, 0.25) is 5.02 Å². The number of carbonyl (C=O) groups excluding carboxylic acids is 2. The number of amides is 1. The zero-order chi connectivity index (χ0) is 21.0. The molecule has 0 saturated heterocycles. The maximum absolute atomic E-state index is 12.2. The Hall–Kier alpha value is -3.12. The van der Waals surface area contributed by atoms with Crippen molar-refractivity contribution in [1.82, 2.24) is 15.1 Å². The fraction of sp³-hybridized carbons (Fsp3) is 0.227. The number of carbonyl (C=O) groups is 2. The molecular weight excluding hydrogens is 390 g/mol. The SMILES string of the molecule is Cc1nn(-c2ccc(C(=O)OCC(=O)NC(C)c3ccccc3)cc2)c(C)c1Cl. The van der Waals surface area contributed by atoms with E-state index in [1.807, 2.05) is 51.1 Å². The number of esters is 1. The summed E-state index contributed by atoms with van der Waals surface area (Å²) in [4.78, 5) is 24.3. The highest BCUT2D eigenvalue weighted by Crippen LogP contribution is 2.22. The van der Waals surface area contributed by atoms with Crippen LogP contribution in [0.5, 0.6) is 0 Å². The number of benzene rings is 2. The number of hydrogen-bond acceptors (Lipinski definition) is 4. The Labute approximate surface area is 174 Å². The molecule has 0 aliphatic heterocycles. The summed E-state index contributed by atoms with van der Waals surface area (Å²) in [5.41, 5.74) is 3.67. The minimum atomic E-state index is -0.564. The lowest BCUT2D eigenvalue weighted by molar-refractivity contribution is -0.124. The molecule has 3 aromatic rings. The van der Waals surface area contributed by atoms with Crippen molar-refractivity contribution in [3.05, 3.63) is 82.1 Å². The molecule has 1 amide bonds. The number of nitrogens with zero attached hydrogens (tertiary/aromatic N) is 2. The van der Waals surface area contributed by atoms with Crippen LogP contribution in [0, 0.1) is 13.8 Å². The molecule has 1 atom stereocenters. The molecule has 29 heavy (non-hydrogen) atoms. The van der Waals surface area contributed by atoms with Gasteiger partial charge in [-0.05, 0) is 50.6 Å². The summed E-state index contributed by atoms with van der Waals surface area (Å²) in [6, 6.07) is 16.2. The van der Waals surface area contributed by atoms with Crippen LogP contribution >= 0.6 is 11.6 Å². The molecule has 0 fully saturated rings. The van der Waals surface area contributed by atoms with Crippen molar-refractivity contribution in [3.8, 4) is 5.69 Å². The number of ether oxygens (including phenoxy) is 1. The summed E-state index contributed by atoms with van der Waals surface area (Å²) < 4.78 is 6.84. The van der Waals surface area contributed by atoms with Crippen molar-refractivity contribution in [1.29, 1.82) is 0 Å². The van der Waals surface area contributed by atoms with Gasteiger partial charge >= 0.3 is 5.97 Å². The van der Waals surface area contributed by atoms with Crippen LogP contribution in [0.1, 0.15) is 40.3 Å². The van der Waals surface area contributed by atoms with Crippen LogP contribution in [0.4, 0.5) is 0 Å². The maximum atomic E-state index is 12.2. The first-order chi connectivity index (χ1) is 13.9. The average Bonchev–Trinajstić information content (AvgIpc) is 3.00. The monoisotopic (exact) mass is 411 g/mol. The average molecular weight is 412 g/mol. The molecular formula is C22H22ClN3O3. The van der Waals surface area contributed by atoms with Crippen LogP contribution in [0.15, 0.2) is 54.6 Å². The molecule has 0 aliphatic carbocycles. The molecule has 0 aliphatic rings. The molecule has 1 aromatic heterocycles. The lowest BCUT2D eigenvalue weighted by Gasteiger charge is -2.14. The smallest absolute Gasteiger partial charge is 0.338 e. The summed E-state index contributed by atoms with van der Waals surface area (Å²) in [6.07, 6.45) is 0. The quantitative estimate of drug-likeness (QED) is 0.617. The number of aromatic nitrogens is 2. The van der Waals surface area contributed by atoms with E-state index in [9.17, 15) is 9.59 Å². The van der Waals surface area contributed by atoms with Crippen molar-refractivity contribution >= 4 is 23.5 Å². The van der Waals surface area contributed by atoms with E-state index in [1.165, 1.54) is 0 Å². The first kappa shape index (κ1) is 20.6. The Kier molecular flexibility index (Phi) is 6.34. The molecule has 1 N–H and O–H groups in total. The molecule has 0 saturated carbocycles. The third-order valence-corrected chi connectivity index (χ3v) is 5.11. The number of halogens is 1. The van der Waals surface area contributed by atoms with Gasteiger partial charge in [0, 0.05) is 0 Å². The minimum Gasteiger partial charge on any atom is -0.452 e. The maximum Gasteiger partial charge on any atom is 0.338 e. The normalized spacial score (nSPS) is 11.7. The van der Waals surface area contributed by atoms with Gasteiger partial charge in [0.15, 0.2) is 6.61 Å². The van der Waals surface area contributed by atoms with Gasteiger partial charge in [-0.3, -0.25) is 4.79 Å². The summed E-state index contributed by atoms with van der Waals surface area (Å²) >= 11 is 6.18.